The molecule has 0 aliphatic rings. The molecule has 1 nitrogen and oxygen atoms in total. The van der Waals surface area contributed by atoms with Gasteiger partial charge in [0.25, 0.3) is 0 Å². The second kappa shape index (κ2) is 12.4. The van der Waals surface area contributed by atoms with Crippen molar-refractivity contribution in [3.8, 4) is 0 Å². The Bertz CT molecular complexity index is 76.9. The average Bonchev–Trinajstić information content (AvgIpc) is 2.05. The molecular formula is C10H22O. The molecule has 0 atom stereocenters. The predicted molar refractivity (Wildman–Crippen MR) is 50.8 cm³/mol. The highest BCUT2D eigenvalue weighted by atomic mass is 16.1. The number of carbonyl (C=O) groups excluding carboxylic acids is 1. The second-order valence-corrected chi connectivity index (χ2v) is 2.39. The van der Waals surface area contributed by atoms with Gasteiger partial charge < -0.3 is 0 Å². The van der Waals surface area contributed by atoms with Crippen LogP contribution in [0.2, 0.25) is 0 Å². The molecule has 0 aliphatic heterocycles. The first-order valence-electron chi connectivity index (χ1n) is 4.83. The van der Waals surface area contributed by atoms with Crippen molar-refractivity contribution >= 4 is 5.78 Å². The van der Waals surface area contributed by atoms with Crippen molar-refractivity contribution in [2.45, 2.75) is 59.8 Å². The molecule has 0 aromatic carbocycles. The maximum atomic E-state index is 10.8. The third-order valence-corrected chi connectivity index (χ3v) is 1.34. The van der Waals surface area contributed by atoms with Gasteiger partial charge in [0.2, 0.25) is 0 Å². The lowest BCUT2D eigenvalue weighted by Gasteiger charge is -1.94. The SMILES string of the molecule is CC.CCCCC(=O)CCC. The number of hydrogen-bond acceptors (Lipinski definition) is 1. The van der Waals surface area contributed by atoms with Crippen molar-refractivity contribution in [1.29, 1.82) is 0 Å². The fraction of sp³-hybridized carbons (Fsp3) is 0.900. The molecule has 0 amide bonds. The molecular weight excluding hydrogens is 136 g/mol. The van der Waals surface area contributed by atoms with Crippen LogP contribution in [-0.2, 0) is 4.79 Å². The lowest BCUT2D eigenvalue weighted by atomic mass is 10.1. The smallest absolute Gasteiger partial charge is 0.132 e. The standard InChI is InChI=1S/C8H16O.C2H6/c1-3-5-7-8(9)6-4-2;1-2/h3-7H2,1-2H3;1-2H3. The van der Waals surface area contributed by atoms with Crippen molar-refractivity contribution in [2.75, 3.05) is 0 Å². The van der Waals surface area contributed by atoms with Crippen molar-refractivity contribution < 1.29 is 4.79 Å². The van der Waals surface area contributed by atoms with E-state index in [1.165, 1.54) is 0 Å². The van der Waals surface area contributed by atoms with Gasteiger partial charge in [-0.25, -0.2) is 0 Å². The predicted octanol–water partition coefficient (Wildman–Crippen LogP) is 3.57. The van der Waals surface area contributed by atoms with E-state index in [-0.39, 0.29) is 0 Å². The zero-order valence-electron chi connectivity index (χ0n) is 8.44. The maximum absolute atomic E-state index is 10.8. The Kier molecular flexibility index (Phi) is 14.9. The normalized spacial score (nSPS) is 8.36. The van der Waals surface area contributed by atoms with Gasteiger partial charge in [0.05, 0.1) is 0 Å². The van der Waals surface area contributed by atoms with Gasteiger partial charge in [-0.15, -0.1) is 0 Å². The molecule has 0 fully saturated rings. The largest absolute Gasteiger partial charge is 0.300 e. The van der Waals surface area contributed by atoms with E-state index >= 15 is 0 Å². The van der Waals surface area contributed by atoms with Gasteiger partial charge in [0.15, 0.2) is 0 Å². The number of rotatable bonds is 5. The fourth-order valence-corrected chi connectivity index (χ4v) is 0.778. The van der Waals surface area contributed by atoms with Gasteiger partial charge in [-0.1, -0.05) is 34.1 Å². The van der Waals surface area contributed by atoms with Gasteiger partial charge >= 0.3 is 0 Å². The van der Waals surface area contributed by atoms with E-state index < -0.39 is 0 Å². The van der Waals surface area contributed by atoms with E-state index in [2.05, 4.69) is 6.92 Å². The molecule has 0 aromatic rings. The van der Waals surface area contributed by atoms with Crippen LogP contribution in [0.25, 0.3) is 0 Å². The van der Waals surface area contributed by atoms with Crippen LogP contribution in [0.4, 0.5) is 0 Å². The van der Waals surface area contributed by atoms with Crippen LogP contribution in [0.3, 0.4) is 0 Å². The Balaban J connectivity index is 0. The van der Waals surface area contributed by atoms with Crippen LogP contribution >= 0.6 is 0 Å². The van der Waals surface area contributed by atoms with Gasteiger partial charge in [0.1, 0.15) is 5.78 Å². The Hall–Kier alpha value is -0.330. The Morgan fingerprint density at radius 3 is 1.91 bits per heavy atom. The Labute approximate surface area is 71.2 Å². The summed E-state index contributed by atoms with van der Waals surface area (Å²) in [5.74, 6) is 0.430. The molecule has 0 heterocycles. The molecule has 0 aromatic heterocycles. The summed E-state index contributed by atoms with van der Waals surface area (Å²) in [5.41, 5.74) is 0. The first kappa shape index (κ1) is 13.3. The molecule has 11 heavy (non-hydrogen) atoms. The van der Waals surface area contributed by atoms with Crippen molar-refractivity contribution in [2.24, 2.45) is 0 Å². The molecule has 1 heteroatoms. The second-order valence-electron chi connectivity index (χ2n) is 2.39. The Morgan fingerprint density at radius 1 is 1.00 bits per heavy atom. The lowest BCUT2D eigenvalue weighted by Crippen LogP contribution is -1.95. The summed E-state index contributed by atoms with van der Waals surface area (Å²) in [4.78, 5) is 10.8. The fourth-order valence-electron chi connectivity index (χ4n) is 0.778. The van der Waals surface area contributed by atoms with E-state index in [0.29, 0.717) is 5.78 Å². The highest BCUT2D eigenvalue weighted by molar-refractivity contribution is 5.78. The molecule has 0 saturated heterocycles. The molecule has 0 bridgehead atoms. The minimum atomic E-state index is 0.430. The molecule has 0 N–H and O–H groups in total. The Morgan fingerprint density at radius 2 is 1.55 bits per heavy atom. The van der Waals surface area contributed by atoms with Crippen LogP contribution in [0, 0.1) is 0 Å². The van der Waals surface area contributed by atoms with Crippen molar-refractivity contribution in [3.05, 3.63) is 0 Å². The van der Waals surface area contributed by atoms with E-state index in [1.807, 2.05) is 20.8 Å². The van der Waals surface area contributed by atoms with E-state index in [9.17, 15) is 4.79 Å². The molecule has 0 spiro atoms. The monoisotopic (exact) mass is 158 g/mol. The third kappa shape index (κ3) is 12.8. The summed E-state index contributed by atoms with van der Waals surface area (Å²) < 4.78 is 0. The summed E-state index contributed by atoms with van der Waals surface area (Å²) in [6.07, 6.45) is 4.78. The maximum Gasteiger partial charge on any atom is 0.132 e. The van der Waals surface area contributed by atoms with Crippen LogP contribution < -0.4 is 0 Å². The summed E-state index contributed by atoms with van der Waals surface area (Å²) >= 11 is 0. The van der Waals surface area contributed by atoms with Crippen LogP contribution in [0.1, 0.15) is 59.8 Å². The molecule has 0 saturated carbocycles. The van der Waals surface area contributed by atoms with Crippen molar-refractivity contribution in [1.82, 2.24) is 0 Å². The first-order valence-corrected chi connectivity index (χ1v) is 4.83. The van der Waals surface area contributed by atoms with E-state index in [0.717, 1.165) is 32.1 Å². The van der Waals surface area contributed by atoms with Crippen LogP contribution in [0.5, 0.6) is 0 Å². The van der Waals surface area contributed by atoms with E-state index in [1.54, 1.807) is 0 Å². The number of unbranched alkanes of at least 4 members (excludes halogenated alkanes) is 1. The third-order valence-electron chi connectivity index (χ3n) is 1.34. The molecule has 0 radical (unpaired) electrons. The average molecular weight is 158 g/mol. The number of carbonyl (C=O) groups is 1. The molecule has 0 rings (SSSR count). The highest BCUT2D eigenvalue weighted by Gasteiger charge is 1.96. The van der Waals surface area contributed by atoms with Crippen molar-refractivity contribution in [3.63, 3.8) is 0 Å². The lowest BCUT2D eigenvalue weighted by molar-refractivity contribution is -0.119. The minimum Gasteiger partial charge on any atom is -0.300 e. The van der Waals surface area contributed by atoms with Gasteiger partial charge in [-0.05, 0) is 12.8 Å². The zero-order chi connectivity index (χ0) is 9.11. The summed E-state index contributed by atoms with van der Waals surface area (Å²) in [7, 11) is 0. The minimum absolute atomic E-state index is 0.430. The molecule has 0 aliphatic carbocycles. The zero-order valence-corrected chi connectivity index (χ0v) is 8.44. The number of Topliss-reactive ketones (excluding diaryl/α,β-unsaturated/α-hetero) is 1. The van der Waals surface area contributed by atoms with E-state index in [4.69, 9.17) is 0 Å². The van der Waals surface area contributed by atoms with Gasteiger partial charge in [-0.3, -0.25) is 4.79 Å². The van der Waals surface area contributed by atoms with Crippen LogP contribution in [-0.4, -0.2) is 5.78 Å². The molecule has 0 unspecified atom stereocenters. The quantitative estimate of drug-likeness (QED) is 0.597. The summed E-state index contributed by atoms with van der Waals surface area (Å²) in [6, 6.07) is 0. The van der Waals surface area contributed by atoms with Gasteiger partial charge in [-0.2, -0.15) is 0 Å². The number of hydrogen-bond donors (Lipinski definition) is 0. The van der Waals surface area contributed by atoms with Crippen LogP contribution in [0.15, 0.2) is 0 Å². The number of ketones is 1. The van der Waals surface area contributed by atoms with Gasteiger partial charge in [0, 0.05) is 12.8 Å². The highest BCUT2D eigenvalue weighted by Crippen LogP contribution is 1.99. The first-order chi connectivity index (χ1) is 5.31. The topological polar surface area (TPSA) is 17.1 Å². The summed E-state index contributed by atoms with van der Waals surface area (Å²) in [6.45, 7) is 8.16. The summed E-state index contributed by atoms with van der Waals surface area (Å²) in [5, 5.41) is 0. The molecule has 68 valence electrons.